The van der Waals surface area contributed by atoms with E-state index in [0.29, 0.717) is 13.0 Å². The molecule has 0 aliphatic carbocycles. The molecule has 0 unspecified atom stereocenters. The molecule has 0 bridgehead atoms. The Morgan fingerprint density at radius 3 is 2.83 bits per heavy atom. The van der Waals surface area contributed by atoms with Gasteiger partial charge in [-0.3, -0.25) is 14.5 Å². The van der Waals surface area contributed by atoms with E-state index in [-0.39, 0.29) is 18.4 Å². The largest absolute Gasteiger partial charge is 0.355 e. The Bertz CT molecular complexity index is 335. The second-order valence-electron chi connectivity index (χ2n) is 4.06. The van der Waals surface area contributed by atoms with Crippen molar-refractivity contribution in [3.63, 3.8) is 0 Å². The van der Waals surface area contributed by atoms with Gasteiger partial charge in [0.1, 0.15) is 12.6 Å². The van der Waals surface area contributed by atoms with Gasteiger partial charge in [0.05, 0.1) is 0 Å². The van der Waals surface area contributed by atoms with Crippen molar-refractivity contribution in [2.24, 2.45) is 0 Å². The van der Waals surface area contributed by atoms with Gasteiger partial charge in [-0.25, -0.2) is 4.79 Å². The van der Waals surface area contributed by atoms with Crippen molar-refractivity contribution in [3.05, 3.63) is 0 Å². The van der Waals surface area contributed by atoms with Crippen molar-refractivity contribution in [1.82, 2.24) is 15.5 Å². The van der Waals surface area contributed by atoms with Gasteiger partial charge in [0, 0.05) is 6.54 Å². The highest BCUT2D eigenvalue weighted by molar-refractivity contribution is 7.98. The maximum atomic E-state index is 11.9. The summed E-state index contributed by atoms with van der Waals surface area (Å²) in [4.78, 5) is 35.9. The summed E-state index contributed by atoms with van der Waals surface area (Å²) in [6.45, 7) is 2.30. The van der Waals surface area contributed by atoms with Crippen LogP contribution in [0.4, 0.5) is 4.79 Å². The number of hydrogen-bond acceptors (Lipinski definition) is 4. The van der Waals surface area contributed by atoms with Crippen LogP contribution in [-0.2, 0) is 9.59 Å². The summed E-state index contributed by atoms with van der Waals surface area (Å²) in [5.41, 5.74) is 0. The third-order valence-electron chi connectivity index (χ3n) is 2.59. The van der Waals surface area contributed by atoms with Crippen molar-refractivity contribution < 1.29 is 14.4 Å². The van der Waals surface area contributed by atoms with Crippen LogP contribution >= 0.6 is 11.8 Å². The molecule has 7 heteroatoms. The summed E-state index contributed by atoms with van der Waals surface area (Å²) in [5, 5.41) is 5.24. The van der Waals surface area contributed by atoms with Crippen molar-refractivity contribution in [2.75, 3.05) is 25.1 Å². The van der Waals surface area contributed by atoms with E-state index < -0.39 is 12.1 Å². The SMILES string of the molecule is CCCNC(=O)CN1C(=O)N[C@H](CCSC)C1=O. The normalized spacial score (nSPS) is 19.0. The van der Waals surface area contributed by atoms with Crippen molar-refractivity contribution >= 4 is 29.6 Å². The van der Waals surface area contributed by atoms with Gasteiger partial charge in [-0.05, 0) is 24.9 Å². The third kappa shape index (κ3) is 3.90. The lowest BCUT2D eigenvalue weighted by molar-refractivity contribution is -0.132. The van der Waals surface area contributed by atoms with E-state index in [4.69, 9.17) is 0 Å². The van der Waals surface area contributed by atoms with E-state index >= 15 is 0 Å². The topological polar surface area (TPSA) is 78.5 Å². The first-order valence-corrected chi connectivity index (χ1v) is 7.37. The zero-order valence-electron chi connectivity index (χ0n) is 10.7. The van der Waals surface area contributed by atoms with E-state index in [2.05, 4.69) is 10.6 Å². The fourth-order valence-corrected chi connectivity index (χ4v) is 2.09. The van der Waals surface area contributed by atoms with Crippen LogP contribution < -0.4 is 10.6 Å². The van der Waals surface area contributed by atoms with E-state index in [1.54, 1.807) is 11.8 Å². The average Bonchev–Trinajstić information content (AvgIpc) is 2.61. The van der Waals surface area contributed by atoms with Crippen LogP contribution in [0.15, 0.2) is 0 Å². The molecular formula is C11H19N3O3S. The molecule has 0 saturated carbocycles. The number of thioether (sulfide) groups is 1. The molecule has 1 aliphatic heterocycles. The first kappa shape index (κ1) is 14.8. The Morgan fingerprint density at radius 1 is 1.50 bits per heavy atom. The van der Waals surface area contributed by atoms with Crippen LogP contribution in [0.5, 0.6) is 0 Å². The molecule has 0 aromatic carbocycles. The molecule has 0 aromatic heterocycles. The summed E-state index contributed by atoms with van der Waals surface area (Å²) >= 11 is 1.62. The summed E-state index contributed by atoms with van der Waals surface area (Å²) in [5.74, 6) is 0.193. The number of nitrogens with zero attached hydrogens (tertiary/aromatic N) is 1. The van der Waals surface area contributed by atoms with Crippen molar-refractivity contribution in [1.29, 1.82) is 0 Å². The molecule has 1 fully saturated rings. The third-order valence-corrected chi connectivity index (χ3v) is 3.24. The van der Waals surface area contributed by atoms with Crippen LogP contribution in [0.25, 0.3) is 0 Å². The van der Waals surface area contributed by atoms with Crippen LogP contribution in [-0.4, -0.2) is 53.9 Å². The number of nitrogens with one attached hydrogen (secondary N) is 2. The molecular weight excluding hydrogens is 254 g/mol. The molecule has 0 aromatic rings. The maximum absolute atomic E-state index is 11.9. The number of urea groups is 1. The fraction of sp³-hybridized carbons (Fsp3) is 0.727. The van der Waals surface area contributed by atoms with Crippen molar-refractivity contribution in [2.45, 2.75) is 25.8 Å². The molecule has 2 N–H and O–H groups in total. The van der Waals surface area contributed by atoms with Crippen LogP contribution in [0.1, 0.15) is 19.8 Å². The summed E-state index contributed by atoms with van der Waals surface area (Å²) in [7, 11) is 0. The lowest BCUT2D eigenvalue weighted by Gasteiger charge is -2.12. The first-order chi connectivity index (χ1) is 8.60. The van der Waals surface area contributed by atoms with Crippen LogP contribution in [0.3, 0.4) is 0 Å². The smallest absolute Gasteiger partial charge is 0.325 e. The highest BCUT2D eigenvalue weighted by Crippen LogP contribution is 2.11. The van der Waals surface area contributed by atoms with Gasteiger partial charge in [-0.1, -0.05) is 6.92 Å². The van der Waals surface area contributed by atoms with E-state index in [9.17, 15) is 14.4 Å². The first-order valence-electron chi connectivity index (χ1n) is 5.97. The zero-order valence-corrected chi connectivity index (χ0v) is 11.5. The van der Waals surface area contributed by atoms with Gasteiger partial charge < -0.3 is 10.6 Å². The molecule has 1 aliphatic rings. The molecule has 6 nitrogen and oxygen atoms in total. The number of amides is 4. The molecule has 4 amide bonds. The molecule has 1 atom stereocenters. The molecule has 0 spiro atoms. The summed E-state index contributed by atoms with van der Waals surface area (Å²) in [6, 6.07) is -0.957. The minimum Gasteiger partial charge on any atom is -0.355 e. The second kappa shape index (κ2) is 7.25. The van der Waals surface area contributed by atoms with Crippen molar-refractivity contribution in [3.8, 4) is 0 Å². The van der Waals surface area contributed by atoms with E-state index in [1.807, 2.05) is 13.2 Å². The molecule has 102 valence electrons. The van der Waals surface area contributed by atoms with Gasteiger partial charge in [-0.2, -0.15) is 11.8 Å². The predicted octanol–water partition coefficient (Wildman–Crippen LogP) is 0.186. The van der Waals surface area contributed by atoms with Gasteiger partial charge in [0.25, 0.3) is 5.91 Å². The Hall–Kier alpha value is -1.24. The van der Waals surface area contributed by atoms with E-state index in [0.717, 1.165) is 17.1 Å². The molecule has 1 rings (SSSR count). The Balaban J connectivity index is 2.48. The van der Waals surface area contributed by atoms with Gasteiger partial charge in [-0.15, -0.1) is 0 Å². The Labute approximate surface area is 111 Å². The monoisotopic (exact) mass is 273 g/mol. The summed E-state index contributed by atoms with van der Waals surface area (Å²) < 4.78 is 0. The minimum atomic E-state index is -0.482. The number of carbonyl (C=O) groups is 3. The Morgan fingerprint density at radius 2 is 2.22 bits per heavy atom. The van der Waals surface area contributed by atoms with E-state index in [1.165, 1.54) is 0 Å². The molecule has 1 saturated heterocycles. The highest BCUT2D eigenvalue weighted by Gasteiger charge is 2.38. The highest BCUT2D eigenvalue weighted by atomic mass is 32.2. The zero-order chi connectivity index (χ0) is 13.5. The fourth-order valence-electron chi connectivity index (χ4n) is 1.62. The lowest BCUT2D eigenvalue weighted by atomic mass is 10.2. The quantitative estimate of drug-likeness (QED) is 0.649. The van der Waals surface area contributed by atoms with Crippen LogP contribution in [0.2, 0.25) is 0 Å². The Kier molecular flexibility index (Phi) is 5.97. The minimum absolute atomic E-state index is 0.194. The maximum Gasteiger partial charge on any atom is 0.325 e. The number of carbonyl (C=O) groups excluding carboxylic acids is 3. The second-order valence-corrected chi connectivity index (χ2v) is 5.04. The van der Waals surface area contributed by atoms with Crippen LogP contribution in [0, 0.1) is 0 Å². The van der Waals surface area contributed by atoms with Gasteiger partial charge >= 0.3 is 6.03 Å². The summed E-state index contributed by atoms with van der Waals surface area (Å²) in [6.07, 6.45) is 3.36. The molecule has 0 radical (unpaired) electrons. The predicted molar refractivity (Wildman–Crippen MR) is 70.3 cm³/mol. The average molecular weight is 273 g/mol. The molecule has 18 heavy (non-hydrogen) atoms. The standard InChI is InChI=1S/C11H19N3O3S/c1-3-5-12-9(15)7-14-10(16)8(4-6-18-2)13-11(14)17/h8H,3-7H2,1-2H3,(H,12,15)(H,13,17)/t8-/m1/s1. The number of hydrogen-bond donors (Lipinski definition) is 2. The van der Waals surface area contributed by atoms with Gasteiger partial charge in [0.15, 0.2) is 0 Å². The number of rotatable bonds is 7. The lowest BCUT2D eigenvalue weighted by Crippen LogP contribution is -2.41. The molecule has 1 heterocycles. The van der Waals surface area contributed by atoms with Gasteiger partial charge in [0.2, 0.25) is 5.91 Å². The number of imide groups is 1.